The van der Waals surface area contributed by atoms with Crippen molar-refractivity contribution < 1.29 is 19.1 Å². The highest BCUT2D eigenvalue weighted by atomic mass is 32.1. The molecule has 0 spiro atoms. The van der Waals surface area contributed by atoms with Gasteiger partial charge in [-0.15, -0.1) is 11.3 Å². The molecule has 4 rings (SSSR count). The van der Waals surface area contributed by atoms with Gasteiger partial charge in [0.2, 0.25) is 5.78 Å². The molecule has 28 heavy (non-hydrogen) atoms. The molecule has 1 aliphatic rings. The quantitative estimate of drug-likeness (QED) is 0.339. The van der Waals surface area contributed by atoms with Crippen LogP contribution in [0.4, 0.5) is 0 Å². The fraction of sp³-hybridized carbons (Fsp3) is 0.0435. The van der Waals surface area contributed by atoms with E-state index in [4.69, 9.17) is 9.47 Å². The third-order valence-electron chi connectivity index (χ3n) is 4.21. The van der Waals surface area contributed by atoms with E-state index in [1.807, 2.05) is 41.8 Å². The lowest BCUT2D eigenvalue weighted by molar-refractivity contribution is 0.0739. The van der Waals surface area contributed by atoms with Crippen LogP contribution in [0.5, 0.6) is 11.5 Å². The third-order valence-corrected chi connectivity index (χ3v) is 5.06. The molecule has 0 saturated heterocycles. The summed E-state index contributed by atoms with van der Waals surface area (Å²) in [6.45, 7) is 1.80. The Morgan fingerprint density at radius 2 is 1.93 bits per heavy atom. The van der Waals surface area contributed by atoms with Crippen LogP contribution in [-0.2, 0) is 0 Å². The standard InChI is InChI=1S/C23H16O4S/c1-15-13-17(26-23(25)20-11-6-12-28-20)14-19-21(15)22(24)18(27-19)10-5-9-16-7-3-2-4-8-16/h2-14H,1H3/b9-5+,18-10-. The zero-order valence-electron chi connectivity index (χ0n) is 15.0. The van der Waals surface area contributed by atoms with Crippen molar-refractivity contribution >= 4 is 29.2 Å². The Bertz CT molecular complexity index is 1090. The fourth-order valence-corrected chi connectivity index (χ4v) is 3.51. The number of carbonyl (C=O) groups excluding carboxylic acids is 2. The predicted octanol–water partition coefficient (Wildman–Crippen LogP) is 5.45. The van der Waals surface area contributed by atoms with Gasteiger partial charge < -0.3 is 9.47 Å². The smallest absolute Gasteiger partial charge is 0.353 e. The van der Waals surface area contributed by atoms with Gasteiger partial charge in [-0.05, 0) is 41.6 Å². The second-order valence-corrected chi connectivity index (χ2v) is 7.16. The highest BCUT2D eigenvalue weighted by Gasteiger charge is 2.30. The lowest BCUT2D eigenvalue weighted by atomic mass is 10.0. The summed E-state index contributed by atoms with van der Waals surface area (Å²) in [6.07, 6.45) is 5.32. The number of rotatable bonds is 4. The Balaban J connectivity index is 1.55. The number of fused-ring (bicyclic) bond motifs is 1. The van der Waals surface area contributed by atoms with Gasteiger partial charge in [-0.2, -0.15) is 0 Å². The van der Waals surface area contributed by atoms with E-state index < -0.39 is 5.97 Å². The average Bonchev–Trinajstić information content (AvgIpc) is 3.32. The van der Waals surface area contributed by atoms with Crippen molar-refractivity contribution in [3.63, 3.8) is 0 Å². The molecule has 0 aliphatic carbocycles. The molecule has 0 fully saturated rings. The number of ether oxygens (including phenoxy) is 2. The van der Waals surface area contributed by atoms with E-state index in [0.29, 0.717) is 27.5 Å². The number of carbonyl (C=O) groups is 2. The molecule has 0 N–H and O–H groups in total. The Labute approximate surface area is 166 Å². The number of thiophene rings is 1. The molecule has 0 unspecified atom stereocenters. The van der Waals surface area contributed by atoms with E-state index in [9.17, 15) is 9.59 Å². The van der Waals surface area contributed by atoms with E-state index >= 15 is 0 Å². The van der Waals surface area contributed by atoms with Gasteiger partial charge in [0, 0.05) is 6.07 Å². The number of Topliss-reactive ketones (excluding diaryl/α,β-unsaturated/α-hetero) is 1. The molecule has 5 heteroatoms. The van der Waals surface area contributed by atoms with Crippen LogP contribution >= 0.6 is 11.3 Å². The van der Waals surface area contributed by atoms with Crippen LogP contribution in [0.2, 0.25) is 0 Å². The Hall–Kier alpha value is -3.44. The number of benzene rings is 2. The van der Waals surface area contributed by atoms with Crippen molar-refractivity contribution in [1.29, 1.82) is 0 Å². The minimum atomic E-state index is -0.430. The highest BCUT2D eigenvalue weighted by molar-refractivity contribution is 7.12. The van der Waals surface area contributed by atoms with Crippen molar-refractivity contribution in [3.8, 4) is 11.5 Å². The predicted molar refractivity (Wildman–Crippen MR) is 109 cm³/mol. The molecule has 138 valence electrons. The molecule has 4 nitrogen and oxygen atoms in total. The summed E-state index contributed by atoms with van der Waals surface area (Å²) < 4.78 is 11.1. The maximum atomic E-state index is 12.6. The first-order valence-electron chi connectivity index (χ1n) is 8.68. The lowest BCUT2D eigenvalue weighted by Gasteiger charge is -2.06. The van der Waals surface area contributed by atoms with E-state index in [-0.39, 0.29) is 11.5 Å². The second kappa shape index (κ2) is 7.66. The van der Waals surface area contributed by atoms with Crippen molar-refractivity contribution in [2.45, 2.75) is 6.92 Å². The average molecular weight is 388 g/mol. The molecular weight excluding hydrogens is 372 g/mol. The number of hydrogen-bond donors (Lipinski definition) is 0. The molecule has 2 aromatic carbocycles. The van der Waals surface area contributed by atoms with Crippen LogP contribution in [0.25, 0.3) is 6.08 Å². The van der Waals surface area contributed by atoms with Crippen LogP contribution in [0.3, 0.4) is 0 Å². The van der Waals surface area contributed by atoms with Gasteiger partial charge in [-0.3, -0.25) is 4.79 Å². The van der Waals surface area contributed by atoms with Gasteiger partial charge in [0.05, 0.1) is 5.56 Å². The maximum Gasteiger partial charge on any atom is 0.353 e. The highest BCUT2D eigenvalue weighted by Crippen LogP contribution is 2.37. The number of hydrogen-bond acceptors (Lipinski definition) is 5. The first-order valence-corrected chi connectivity index (χ1v) is 9.56. The monoisotopic (exact) mass is 388 g/mol. The van der Waals surface area contributed by atoms with E-state index in [1.165, 1.54) is 11.3 Å². The molecular formula is C23H16O4S. The van der Waals surface area contributed by atoms with Crippen LogP contribution in [0.1, 0.15) is 31.2 Å². The lowest BCUT2D eigenvalue weighted by Crippen LogP contribution is -2.06. The third kappa shape index (κ3) is 3.66. The summed E-state index contributed by atoms with van der Waals surface area (Å²) in [6, 6.07) is 16.5. The normalized spacial score (nSPS) is 14.3. The summed E-state index contributed by atoms with van der Waals surface area (Å²) in [5.74, 6) is 0.385. The molecule has 0 atom stereocenters. The number of aryl methyl sites for hydroxylation is 1. The molecule has 1 aliphatic heterocycles. The van der Waals surface area contributed by atoms with Gasteiger partial charge in [0.15, 0.2) is 5.76 Å². The minimum Gasteiger partial charge on any atom is -0.452 e. The van der Waals surface area contributed by atoms with Crippen LogP contribution in [-0.4, -0.2) is 11.8 Å². The Morgan fingerprint density at radius 3 is 2.68 bits per heavy atom. The van der Waals surface area contributed by atoms with Crippen LogP contribution in [0.15, 0.2) is 77.9 Å². The largest absolute Gasteiger partial charge is 0.452 e. The summed E-state index contributed by atoms with van der Waals surface area (Å²) in [5, 5.41) is 1.81. The van der Waals surface area contributed by atoms with Crippen LogP contribution < -0.4 is 9.47 Å². The number of ketones is 1. The van der Waals surface area contributed by atoms with Gasteiger partial charge in [-0.1, -0.05) is 48.6 Å². The Kier molecular flexibility index (Phi) is 4.91. The van der Waals surface area contributed by atoms with Crippen LogP contribution in [0, 0.1) is 6.92 Å². The van der Waals surface area contributed by atoms with Crippen molar-refractivity contribution in [2.24, 2.45) is 0 Å². The minimum absolute atomic E-state index is 0.179. The molecule has 0 radical (unpaired) electrons. The summed E-state index contributed by atoms with van der Waals surface area (Å²) >= 11 is 1.31. The molecule has 3 aromatic rings. The maximum absolute atomic E-state index is 12.6. The van der Waals surface area contributed by atoms with Crippen molar-refractivity contribution in [1.82, 2.24) is 0 Å². The number of allylic oxidation sites excluding steroid dienone is 3. The van der Waals surface area contributed by atoms with Gasteiger partial charge >= 0.3 is 5.97 Å². The first kappa shape index (κ1) is 17.9. The molecule has 2 heterocycles. The van der Waals surface area contributed by atoms with Crippen molar-refractivity contribution in [3.05, 3.63) is 99.5 Å². The number of esters is 1. The summed E-state index contributed by atoms with van der Waals surface area (Å²) in [5.41, 5.74) is 2.23. The first-order chi connectivity index (χ1) is 13.6. The van der Waals surface area contributed by atoms with Crippen molar-refractivity contribution in [2.75, 3.05) is 0 Å². The summed E-state index contributed by atoms with van der Waals surface area (Å²) in [7, 11) is 0. The SMILES string of the molecule is Cc1cc(OC(=O)c2cccs2)cc2c1C(=O)/C(=C/C=C/c1ccccc1)O2. The molecule has 0 bridgehead atoms. The Morgan fingerprint density at radius 1 is 1.11 bits per heavy atom. The van der Waals surface area contributed by atoms with E-state index in [2.05, 4.69) is 0 Å². The van der Waals surface area contributed by atoms with Gasteiger partial charge in [0.1, 0.15) is 16.4 Å². The zero-order valence-corrected chi connectivity index (χ0v) is 15.9. The second-order valence-electron chi connectivity index (χ2n) is 6.21. The molecule has 0 amide bonds. The summed E-state index contributed by atoms with van der Waals surface area (Å²) in [4.78, 5) is 25.3. The molecule has 1 aromatic heterocycles. The van der Waals surface area contributed by atoms with Gasteiger partial charge in [0.25, 0.3) is 0 Å². The van der Waals surface area contributed by atoms with E-state index in [0.717, 1.165) is 5.56 Å². The van der Waals surface area contributed by atoms with E-state index in [1.54, 1.807) is 43.3 Å². The zero-order chi connectivity index (χ0) is 19.5. The molecule has 0 saturated carbocycles. The topological polar surface area (TPSA) is 52.6 Å². The van der Waals surface area contributed by atoms with Gasteiger partial charge in [-0.25, -0.2) is 4.79 Å². The fourth-order valence-electron chi connectivity index (χ4n) is 2.91.